The second-order valence-corrected chi connectivity index (χ2v) is 5.60. The van der Waals surface area contributed by atoms with E-state index in [1.807, 2.05) is 6.07 Å². The fourth-order valence-corrected chi connectivity index (χ4v) is 2.12. The average molecular weight is 392 g/mol. The average Bonchev–Trinajstić information content (AvgIpc) is 2.66. The molecule has 1 amide bonds. The fourth-order valence-electron chi connectivity index (χ4n) is 2.12. The van der Waals surface area contributed by atoms with E-state index in [-0.39, 0.29) is 17.0 Å². The number of amides is 1. The zero-order valence-electron chi connectivity index (χ0n) is 14.6. The molecule has 0 aliphatic rings. The first kappa shape index (κ1) is 20.8. The Labute approximate surface area is 158 Å². The molecule has 0 unspecified atom stereocenters. The number of carbonyl (C=O) groups is 2. The van der Waals surface area contributed by atoms with Crippen molar-refractivity contribution in [3.63, 3.8) is 0 Å². The number of hydrogen-bond acceptors (Lipinski definition) is 5. The maximum atomic E-state index is 12.7. The third-order valence-electron chi connectivity index (χ3n) is 3.49. The van der Waals surface area contributed by atoms with Gasteiger partial charge in [0.2, 0.25) is 0 Å². The minimum atomic E-state index is -4.55. The molecule has 28 heavy (non-hydrogen) atoms. The molecule has 0 saturated heterocycles. The molecule has 1 atom stereocenters. The minimum Gasteiger partial charge on any atom is -0.481 e. The first-order valence-corrected chi connectivity index (χ1v) is 8.00. The van der Waals surface area contributed by atoms with Gasteiger partial charge < -0.3 is 14.8 Å². The Morgan fingerprint density at radius 1 is 1.18 bits per heavy atom. The monoisotopic (exact) mass is 392 g/mol. The summed E-state index contributed by atoms with van der Waals surface area (Å²) >= 11 is 0. The van der Waals surface area contributed by atoms with Gasteiger partial charge in [0, 0.05) is 5.69 Å². The first-order valence-electron chi connectivity index (χ1n) is 8.00. The van der Waals surface area contributed by atoms with Crippen molar-refractivity contribution in [3.8, 4) is 11.8 Å². The minimum absolute atomic E-state index is 0.0816. The summed E-state index contributed by atoms with van der Waals surface area (Å²) in [5.74, 6) is -1.49. The number of rotatable bonds is 6. The van der Waals surface area contributed by atoms with Crippen LogP contribution in [0.25, 0.3) is 0 Å². The number of alkyl halides is 3. The second-order valence-electron chi connectivity index (χ2n) is 5.60. The molecule has 0 saturated carbocycles. The molecule has 0 aliphatic heterocycles. The van der Waals surface area contributed by atoms with Crippen LogP contribution in [0, 0.1) is 11.3 Å². The van der Waals surface area contributed by atoms with Gasteiger partial charge in [-0.2, -0.15) is 18.4 Å². The highest BCUT2D eigenvalue weighted by Crippen LogP contribution is 2.30. The predicted molar refractivity (Wildman–Crippen MR) is 92.3 cm³/mol. The van der Waals surface area contributed by atoms with Crippen LogP contribution in [-0.4, -0.2) is 24.6 Å². The number of carbonyl (C=O) groups excluding carboxylic acids is 2. The van der Waals surface area contributed by atoms with Gasteiger partial charge in [-0.25, -0.2) is 4.79 Å². The van der Waals surface area contributed by atoms with E-state index in [4.69, 9.17) is 14.7 Å². The lowest BCUT2D eigenvalue weighted by Crippen LogP contribution is -2.31. The Morgan fingerprint density at radius 3 is 2.57 bits per heavy atom. The molecule has 2 aromatic carbocycles. The van der Waals surface area contributed by atoms with Gasteiger partial charge in [-0.05, 0) is 37.3 Å². The van der Waals surface area contributed by atoms with Gasteiger partial charge >= 0.3 is 12.1 Å². The maximum absolute atomic E-state index is 12.7. The number of anilines is 1. The summed E-state index contributed by atoms with van der Waals surface area (Å²) < 4.78 is 48.2. The summed E-state index contributed by atoms with van der Waals surface area (Å²) in [5, 5.41) is 11.2. The quantitative estimate of drug-likeness (QED) is 0.760. The van der Waals surface area contributed by atoms with Crippen molar-refractivity contribution in [3.05, 3.63) is 59.7 Å². The summed E-state index contributed by atoms with van der Waals surface area (Å²) in [4.78, 5) is 23.8. The van der Waals surface area contributed by atoms with Gasteiger partial charge in [0.05, 0.1) is 11.1 Å². The number of ether oxygens (including phenoxy) is 2. The lowest BCUT2D eigenvalue weighted by Gasteiger charge is -2.15. The van der Waals surface area contributed by atoms with Gasteiger partial charge in [0.15, 0.2) is 12.7 Å². The summed E-state index contributed by atoms with van der Waals surface area (Å²) in [6.45, 7) is 0.726. The molecule has 1 N–H and O–H groups in total. The van der Waals surface area contributed by atoms with Crippen molar-refractivity contribution in [2.45, 2.75) is 19.2 Å². The van der Waals surface area contributed by atoms with Crippen LogP contribution in [0.1, 0.15) is 18.1 Å². The highest BCUT2D eigenvalue weighted by molar-refractivity contribution is 5.95. The predicted octanol–water partition coefficient (Wildman–Crippen LogP) is 3.53. The van der Waals surface area contributed by atoms with Crippen molar-refractivity contribution >= 4 is 17.6 Å². The van der Waals surface area contributed by atoms with E-state index in [9.17, 15) is 22.8 Å². The molecule has 0 spiro atoms. The molecule has 0 radical (unpaired) electrons. The summed E-state index contributed by atoms with van der Waals surface area (Å²) in [5.41, 5.74) is -0.771. The van der Waals surface area contributed by atoms with Crippen molar-refractivity contribution < 1.29 is 32.2 Å². The van der Waals surface area contributed by atoms with Crippen molar-refractivity contribution in [1.82, 2.24) is 0 Å². The Kier molecular flexibility index (Phi) is 6.60. The topological polar surface area (TPSA) is 88.4 Å². The number of benzene rings is 2. The van der Waals surface area contributed by atoms with Gasteiger partial charge in [-0.15, -0.1) is 0 Å². The van der Waals surface area contributed by atoms with Crippen LogP contribution >= 0.6 is 0 Å². The van der Waals surface area contributed by atoms with Crippen LogP contribution in [0.4, 0.5) is 18.9 Å². The van der Waals surface area contributed by atoms with E-state index >= 15 is 0 Å². The summed E-state index contributed by atoms with van der Waals surface area (Å²) in [6, 6.07) is 12.2. The number of para-hydroxylation sites is 1. The Morgan fingerprint density at radius 2 is 1.89 bits per heavy atom. The normalized spacial score (nSPS) is 11.8. The SMILES string of the molecule is C[C@@H](OC(=O)COc1ccccc1C#N)C(=O)Nc1cccc(C(F)(F)F)c1. The molecule has 146 valence electrons. The molecule has 2 rings (SSSR count). The molecule has 9 heteroatoms. The second kappa shape index (κ2) is 8.90. The molecule has 6 nitrogen and oxygen atoms in total. The summed E-state index contributed by atoms with van der Waals surface area (Å²) in [6.07, 6.45) is -5.81. The highest BCUT2D eigenvalue weighted by Gasteiger charge is 2.30. The zero-order valence-corrected chi connectivity index (χ0v) is 14.6. The van der Waals surface area contributed by atoms with Crippen molar-refractivity contribution in [1.29, 1.82) is 5.26 Å². The van der Waals surface area contributed by atoms with E-state index in [1.165, 1.54) is 25.1 Å². The molecular formula is C19H15F3N2O4. The molecular weight excluding hydrogens is 377 g/mol. The highest BCUT2D eigenvalue weighted by atomic mass is 19.4. The van der Waals surface area contributed by atoms with Crippen LogP contribution in [-0.2, 0) is 20.5 Å². The molecule has 0 heterocycles. The number of nitrogens with one attached hydrogen (secondary N) is 1. The van der Waals surface area contributed by atoms with Crippen LogP contribution in [0.2, 0.25) is 0 Å². The third kappa shape index (κ3) is 5.74. The lowest BCUT2D eigenvalue weighted by molar-refractivity contribution is -0.155. The Balaban J connectivity index is 1.90. The number of nitrogens with zero attached hydrogens (tertiary/aromatic N) is 1. The fraction of sp³-hybridized carbons (Fsp3) is 0.211. The Bertz CT molecular complexity index is 907. The van der Waals surface area contributed by atoms with E-state index in [1.54, 1.807) is 12.1 Å². The molecule has 0 fully saturated rings. The van der Waals surface area contributed by atoms with Crippen molar-refractivity contribution in [2.75, 3.05) is 11.9 Å². The van der Waals surface area contributed by atoms with Crippen molar-refractivity contribution in [2.24, 2.45) is 0 Å². The van der Waals surface area contributed by atoms with E-state index < -0.39 is 36.3 Å². The van der Waals surface area contributed by atoms with E-state index in [2.05, 4.69) is 5.32 Å². The number of halogens is 3. The van der Waals surface area contributed by atoms with Gasteiger partial charge in [-0.3, -0.25) is 4.79 Å². The van der Waals surface area contributed by atoms with Crippen LogP contribution in [0.3, 0.4) is 0 Å². The number of esters is 1. The standard InChI is InChI=1S/C19H15F3N2O4/c1-12(18(26)24-15-7-4-6-14(9-15)19(20,21)22)28-17(25)11-27-16-8-3-2-5-13(16)10-23/h2-9,12H,11H2,1H3,(H,24,26)/t12-/m1/s1. The largest absolute Gasteiger partial charge is 0.481 e. The van der Waals surface area contributed by atoms with Gasteiger partial charge in [0.25, 0.3) is 5.91 Å². The van der Waals surface area contributed by atoms with E-state index in [0.717, 1.165) is 18.2 Å². The zero-order chi connectivity index (χ0) is 20.7. The molecule has 2 aromatic rings. The Hall–Kier alpha value is -3.54. The van der Waals surface area contributed by atoms with Gasteiger partial charge in [-0.1, -0.05) is 18.2 Å². The van der Waals surface area contributed by atoms with Crippen LogP contribution in [0.15, 0.2) is 48.5 Å². The van der Waals surface area contributed by atoms with Crippen LogP contribution in [0.5, 0.6) is 5.75 Å². The molecule has 0 bridgehead atoms. The van der Waals surface area contributed by atoms with E-state index in [0.29, 0.717) is 0 Å². The molecule has 0 aromatic heterocycles. The number of nitriles is 1. The lowest BCUT2D eigenvalue weighted by atomic mass is 10.2. The first-order chi connectivity index (χ1) is 13.2. The summed E-state index contributed by atoms with van der Waals surface area (Å²) in [7, 11) is 0. The maximum Gasteiger partial charge on any atom is 0.416 e. The molecule has 0 aliphatic carbocycles. The van der Waals surface area contributed by atoms with Gasteiger partial charge in [0.1, 0.15) is 11.8 Å². The number of hydrogen-bond donors (Lipinski definition) is 1. The third-order valence-corrected chi connectivity index (χ3v) is 3.49. The smallest absolute Gasteiger partial charge is 0.416 e. The van der Waals surface area contributed by atoms with Crippen LogP contribution < -0.4 is 10.1 Å².